The number of nitrogens with two attached hydrogens (primary N) is 1. The number of nitrogens with one attached hydrogen (secondary N) is 1. The van der Waals surface area contributed by atoms with E-state index in [0.29, 0.717) is 17.1 Å². The fourth-order valence-corrected chi connectivity index (χ4v) is 1.86. The second-order valence-corrected chi connectivity index (χ2v) is 4.84. The number of ether oxygens (including phenoxy) is 1. The average Bonchev–Trinajstić information content (AvgIpc) is 2.45. The van der Waals surface area contributed by atoms with E-state index in [4.69, 9.17) is 22.1 Å². The lowest BCUT2D eigenvalue weighted by Gasteiger charge is -2.11. The van der Waals surface area contributed by atoms with Gasteiger partial charge in [-0.15, -0.1) is 0 Å². The minimum absolute atomic E-state index is 0.0559. The summed E-state index contributed by atoms with van der Waals surface area (Å²) in [6, 6.07) is 9.15. The van der Waals surface area contributed by atoms with Crippen molar-refractivity contribution in [3.05, 3.63) is 52.8 Å². The van der Waals surface area contributed by atoms with E-state index in [2.05, 4.69) is 5.32 Å². The molecule has 0 aliphatic rings. The van der Waals surface area contributed by atoms with Crippen LogP contribution in [-0.2, 0) is 4.79 Å². The molecule has 0 aromatic heterocycles. The van der Waals surface area contributed by atoms with Gasteiger partial charge in [-0.3, -0.25) is 4.79 Å². The highest BCUT2D eigenvalue weighted by Crippen LogP contribution is 2.22. The summed E-state index contributed by atoms with van der Waals surface area (Å²) in [6.07, 6.45) is 0. The van der Waals surface area contributed by atoms with Gasteiger partial charge in [-0.25, -0.2) is 4.39 Å². The number of halogens is 2. The van der Waals surface area contributed by atoms with Crippen LogP contribution < -0.4 is 15.8 Å². The second-order valence-electron chi connectivity index (χ2n) is 4.43. The summed E-state index contributed by atoms with van der Waals surface area (Å²) in [6.45, 7) is 1.60. The van der Waals surface area contributed by atoms with Gasteiger partial charge in [0.25, 0.3) is 5.91 Å². The Bertz CT molecular complexity index is 677. The molecule has 2 rings (SSSR count). The van der Waals surface area contributed by atoms with Crippen molar-refractivity contribution in [2.75, 3.05) is 17.7 Å². The first-order chi connectivity index (χ1) is 9.97. The predicted molar refractivity (Wildman–Crippen MR) is 81.1 cm³/mol. The summed E-state index contributed by atoms with van der Waals surface area (Å²) in [5.74, 6) is -0.561. The number of carbonyl (C=O) groups excluding carboxylic acids is 1. The highest BCUT2D eigenvalue weighted by molar-refractivity contribution is 6.30. The van der Waals surface area contributed by atoms with Crippen LogP contribution in [0, 0.1) is 12.7 Å². The summed E-state index contributed by atoms with van der Waals surface area (Å²) in [5, 5.41) is 2.64. The first-order valence-electron chi connectivity index (χ1n) is 6.20. The van der Waals surface area contributed by atoms with Gasteiger partial charge in [0, 0.05) is 17.4 Å². The monoisotopic (exact) mass is 308 g/mol. The van der Waals surface area contributed by atoms with E-state index < -0.39 is 5.82 Å². The molecule has 0 atom stereocenters. The van der Waals surface area contributed by atoms with Gasteiger partial charge in [0.05, 0.1) is 5.02 Å². The standard InChI is InChI=1S/C15H14ClFN2O2/c1-9-13(18)3-2-4-14(9)19-15(20)8-21-10-5-6-12(17)11(16)7-10/h2-7H,8,18H2,1H3,(H,19,20). The molecule has 0 spiro atoms. The molecule has 2 aromatic carbocycles. The second kappa shape index (κ2) is 6.45. The van der Waals surface area contributed by atoms with E-state index in [0.717, 1.165) is 5.56 Å². The van der Waals surface area contributed by atoms with Crippen molar-refractivity contribution < 1.29 is 13.9 Å². The van der Waals surface area contributed by atoms with Gasteiger partial charge in [-0.2, -0.15) is 0 Å². The summed E-state index contributed by atoms with van der Waals surface area (Å²) in [7, 11) is 0. The van der Waals surface area contributed by atoms with E-state index in [1.165, 1.54) is 18.2 Å². The highest BCUT2D eigenvalue weighted by atomic mass is 35.5. The third kappa shape index (κ3) is 3.86. The Kier molecular flexibility index (Phi) is 4.65. The molecule has 4 nitrogen and oxygen atoms in total. The summed E-state index contributed by atoms with van der Waals surface area (Å²) in [5.41, 5.74) is 7.77. The number of nitrogen functional groups attached to an aromatic ring is 1. The molecule has 21 heavy (non-hydrogen) atoms. The Morgan fingerprint density at radius 3 is 2.86 bits per heavy atom. The van der Waals surface area contributed by atoms with Crippen LogP contribution in [0.25, 0.3) is 0 Å². The van der Waals surface area contributed by atoms with Crippen LogP contribution in [0.5, 0.6) is 5.75 Å². The molecule has 0 bridgehead atoms. The minimum atomic E-state index is -0.538. The number of anilines is 2. The van der Waals surface area contributed by atoms with Crippen LogP contribution in [0.2, 0.25) is 5.02 Å². The molecule has 0 heterocycles. The molecule has 110 valence electrons. The van der Waals surface area contributed by atoms with Crippen molar-refractivity contribution in [1.29, 1.82) is 0 Å². The maximum Gasteiger partial charge on any atom is 0.262 e. The molecule has 0 saturated carbocycles. The van der Waals surface area contributed by atoms with Crippen molar-refractivity contribution in [2.45, 2.75) is 6.92 Å². The Hall–Kier alpha value is -2.27. The normalized spacial score (nSPS) is 10.2. The zero-order valence-electron chi connectivity index (χ0n) is 11.3. The summed E-state index contributed by atoms with van der Waals surface area (Å²) in [4.78, 5) is 11.8. The Morgan fingerprint density at radius 2 is 2.14 bits per heavy atom. The van der Waals surface area contributed by atoms with Crippen molar-refractivity contribution in [3.8, 4) is 5.75 Å². The highest BCUT2D eigenvalue weighted by Gasteiger charge is 2.08. The third-order valence-corrected chi connectivity index (χ3v) is 3.20. The maximum atomic E-state index is 13.0. The quantitative estimate of drug-likeness (QED) is 0.851. The molecule has 3 N–H and O–H groups in total. The number of hydrogen-bond donors (Lipinski definition) is 2. The first-order valence-corrected chi connectivity index (χ1v) is 6.58. The van der Waals surface area contributed by atoms with E-state index in [1.807, 2.05) is 6.92 Å². The van der Waals surface area contributed by atoms with Crippen LogP contribution in [0.15, 0.2) is 36.4 Å². The van der Waals surface area contributed by atoms with Gasteiger partial charge >= 0.3 is 0 Å². The van der Waals surface area contributed by atoms with E-state index in [9.17, 15) is 9.18 Å². The fourth-order valence-electron chi connectivity index (χ4n) is 1.69. The molecule has 6 heteroatoms. The Labute approximate surface area is 126 Å². The number of benzene rings is 2. The van der Waals surface area contributed by atoms with Crippen LogP contribution >= 0.6 is 11.6 Å². The number of hydrogen-bond acceptors (Lipinski definition) is 3. The van der Waals surface area contributed by atoms with E-state index >= 15 is 0 Å². The van der Waals surface area contributed by atoms with Crippen LogP contribution in [-0.4, -0.2) is 12.5 Å². The smallest absolute Gasteiger partial charge is 0.262 e. The molecule has 1 amide bonds. The molecular weight excluding hydrogens is 295 g/mol. The van der Waals surface area contributed by atoms with Gasteiger partial charge in [0.2, 0.25) is 0 Å². The fraction of sp³-hybridized carbons (Fsp3) is 0.133. The van der Waals surface area contributed by atoms with Crippen molar-refractivity contribution in [3.63, 3.8) is 0 Å². The summed E-state index contributed by atoms with van der Waals surface area (Å²) < 4.78 is 18.2. The third-order valence-electron chi connectivity index (χ3n) is 2.91. The molecule has 0 fully saturated rings. The topological polar surface area (TPSA) is 64.3 Å². The minimum Gasteiger partial charge on any atom is -0.484 e. The van der Waals surface area contributed by atoms with Gasteiger partial charge in [-0.1, -0.05) is 17.7 Å². The molecule has 0 radical (unpaired) electrons. The Balaban J connectivity index is 1.96. The zero-order valence-corrected chi connectivity index (χ0v) is 12.1. The lowest BCUT2D eigenvalue weighted by Crippen LogP contribution is -2.20. The molecule has 0 unspecified atom stereocenters. The van der Waals surface area contributed by atoms with Gasteiger partial charge in [0.15, 0.2) is 6.61 Å². The average molecular weight is 309 g/mol. The van der Waals surface area contributed by atoms with E-state index in [1.54, 1.807) is 18.2 Å². The van der Waals surface area contributed by atoms with E-state index in [-0.39, 0.29) is 17.5 Å². The summed E-state index contributed by atoms with van der Waals surface area (Å²) >= 11 is 5.63. The first kappa shape index (κ1) is 15.1. The van der Waals surface area contributed by atoms with Gasteiger partial charge in [-0.05, 0) is 36.8 Å². The number of amides is 1. The number of rotatable bonds is 4. The SMILES string of the molecule is Cc1c(N)cccc1NC(=O)COc1ccc(F)c(Cl)c1. The largest absolute Gasteiger partial charge is 0.484 e. The van der Waals surface area contributed by atoms with Gasteiger partial charge in [0.1, 0.15) is 11.6 Å². The van der Waals surface area contributed by atoms with Crippen molar-refractivity contribution in [1.82, 2.24) is 0 Å². The zero-order chi connectivity index (χ0) is 15.4. The molecule has 0 saturated heterocycles. The Morgan fingerprint density at radius 1 is 1.38 bits per heavy atom. The van der Waals surface area contributed by atoms with Crippen LogP contribution in [0.1, 0.15) is 5.56 Å². The van der Waals surface area contributed by atoms with Crippen LogP contribution in [0.4, 0.5) is 15.8 Å². The maximum absolute atomic E-state index is 13.0. The number of carbonyl (C=O) groups is 1. The van der Waals surface area contributed by atoms with Gasteiger partial charge < -0.3 is 15.8 Å². The molecule has 0 aliphatic carbocycles. The molecule has 2 aromatic rings. The van der Waals surface area contributed by atoms with Crippen molar-refractivity contribution in [2.24, 2.45) is 0 Å². The lowest BCUT2D eigenvalue weighted by molar-refractivity contribution is -0.118. The van der Waals surface area contributed by atoms with Crippen molar-refractivity contribution >= 4 is 28.9 Å². The van der Waals surface area contributed by atoms with Crippen LogP contribution in [0.3, 0.4) is 0 Å². The molecule has 0 aliphatic heterocycles. The predicted octanol–water partition coefficient (Wildman–Crippen LogP) is 3.39. The molecular formula is C15H14ClFN2O2. The lowest BCUT2D eigenvalue weighted by atomic mass is 10.1.